The molecule has 2 rings (SSSR count). The van der Waals surface area contributed by atoms with Crippen molar-refractivity contribution in [3.8, 4) is 0 Å². The Morgan fingerprint density at radius 2 is 1.24 bits per heavy atom. The molecule has 0 atom stereocenters. The lowest BCUT2D eigenvalue weighted by Crippen LogP contribution is -1.92. The summed E-state index contributed by atoms with van der Waals surface area (Å²) in [5, 5.41) is 0. The van der Waals surface area contributed by atoms with E-state index in [-0.39, 0.29) is 0 Å². The second-order valence-corrected chi connectivity index (χ2v) is 5.60. The Morgan fingerprint density at radius 3 is 1.76 bits per heavy atom. The molecule has 0 nitrogen and oxygen atoms in total. The normalized spacial score (nSPS) is 11.1. The van der Waals surface area contributed by atoms with Crippen molar-refractivity contribution in [1.82, 2.24) is 0 Å². The lowest BCUT2D eigenvalue weighted by Gasteiger charge is -2.04. The highest BCUT2D eigenvalue weighted by atomic mass is 14.0. The summed E-state index contributed by atoms with van der Waals surface area (Å²) in [5.74, 6) is 0. The molecule has 0 radical (unpaired) electrons. The molecule has 0 amide bonds. The van der Waals surface area contributed by atoms with Crippen LogP contribution in [0.5, 0.6) is 0 Å². The molecule has 110 valence electrons. The Labute approximate surface area is 129 Å². The van der Waals surface area contributed by atoms with Gasteiger partial charge in [-0.3, -0.25) is 0 Å². The van der Waals surface area contributed by atoms with Gasteiger partial charge in [0.15, 0.2) is 0 Å². The monoisotopic (exact) mass is 278 g/mol. The molecular weight excluding hydrogens is 252 g/mol. The van der Waals surface area contributed by atoms with Crippen LogP contribution in [0.15, 0.2) is 54.6 Å². The predicted molar refractivity (Wildman–Crippen MR) is 93.6 cm³/mol. The molecule has 0 aliphatic carbocycles. The Hall–Kier alpha value is -1.82. The number of benzene rings is 2. The van der Waals surface area contributed by atoms with Crippen LogP contribution in [0.25, 0.3) is 6.08 Å². The summed E-state index contributed by atoms with van der Waals surface area (Å²) in [7, 11) is 0. The zero-order chi connectivity index (χ0) is 14.9. The van der Waals surface area contributed by atoms with Gasteiger partial charge in [-0.05, 0) is 47.9 Å². The van der Waals surface area contributed by atoms with Crippen LogP contribution >= 0.6 is 0 Å². The summed E-state index contributed by atoms with van der Waals surface area (Å²) in [4.78, 5) is 0. The third-order valence-electron chi connectivity index (χ3n) is 3.88. The van der Waals surface area contributed by atoms with Crippen LogP contribution in [0.4, 0.5) is 0 Å². The van der Waals surface area contributed by atoms with E-state index < -0.39 is 0 Å². The van der Waals surface area contributed by atoms with Crippen LogP contribution in [0.1, 0.15) is 48.9 Å². The summed E-state index contributed by atoms with van der Waals surface area (Å²) in [6.45, 7) is 4.41. The van der Waals surface area contributed by atoms with E-state index in [4.69, 9.17) is 0 Å². The molecule has 0 saturated carbocycles. The first-order chi connectivity index (χ1) is 10.3. The van der Waals surface area contributed by atoms with Gasteiger partial charge in [-0.1, -0.05) is 81.0 Å². The number of allylic oxidation sites excluding steroid dienone is 1. The highest BCUT2D eigenvalue weighted by Crippen LogP contribution is 2.12. The van der Waals surface area contributed by atoms with Crippen molar-refractivity contribution in [3.05, 3.63) is 76.9 Å². The van der Waals surface area contributed by atoms with Crippen LogP contribution < -0.4 is 0 Å². The third-order valence-corrected chi connectivity index (χ3v) is 3.88. The fraction of sp³-hybridized carbons (Fsp3) is 0.333. The summed E-state index contributed by atoms with van der Waals surface area (Å²) in [6, 6.07) is 18.0. The number of aryl methyl sites for hydroxylation is 3. The van der Waals surface area contributed by atoms with Gasteiger partial charge < -0.3 is 0 Å². The van der Waals surface area contributed by atoms with E-state index in [1.165, 1.54) is 28.7 Å². The summed E-state index contributed by atoms with van der Waals surface area (Å²) in [6.07, 6.45) is 10.2. The maximum absolute atomic E-state index is 2.26. The minimum atomic E-state index is 1.12. The van der Waals surface area contributed by atoms with Crippen molar-refractivity contribution in [3.63, 3.8) is 0 Å². The molecule has 2 aromatic carbocycles. The second kappa shape index (κ2) is 8.46. The molecule has 0 saturated heterocycles. The SMILES string of the molecule is CCCC=Cc1ccc(CCc2ccc(CC)cc2)cc1. The van der Waals surface area contributed by atoms with Crippen LogP contribution in [-0.4, -0.2) is 0 Å². The molecule has 2 aromatic rings. The van der Waals surface area contributed by atoms with E-state index in [1.54, 1.807) is 0 Å². The minimum Gasteiger partial charge on any atom is -0.0840 e. The van der Waals surface area contributed by atoms with E-state index in [0.29, 0.717) is 0 Å². The van der Waals surface area contributed by atoms with Gasteiger partial charge in [0.25, 0.3) is 0 Å². The van der Waals surface area contributed by atoms with Gasteiger partial charge in [0, 0.05) is 0 Å². The van der Waals surface area contributed by atoms with Crippen LogP contribution in [0.3, 0.4) is 0 Å². The van der Waals surface area contributed by atoms with E-state index in [9.17, 15) is 0 Å². The molecule has 0 heterocycles. The number of hydrogen-bond acceptors (Lipinski definition) is 0. The summed E-state index contributed by atoms with van der Waals surface area (Å²) in [5.41, 5.74) is 5.57. The lowest BCUT2D eigenvalue weighted by atomic mass is 10.0. The van der Waals surface area contributed by atoms with Gasteiger partial charge in [-0.2, -0.15) is 0 Å². The fourth-order valence-electron chi connectivity index (χ4n) is 2.41. The lowest BCUT2D eigenvalue weighted by molar-refractivity contribution is 0.956. The molecule has 0 spiro atoms. The molecule has 0 aliphatic heterocycles. The quantitative estimate of drug-likeness (QED) is 0.596. The Balaban J connectivity index is 1.87. The molecule has 0 heteroatoms. The van der Waals surface area contributed by atoms with Crippen LogP contribution in [0, 0.1) is 0 Å². The minimum absolute atomic E-state index is 1.12. The topological polar surface area (TPSA) is 0 Å². The Kier molecular flexibility index (Phi) is 6.27. The van der Waals surface area contributed by atoms with Crippen LogP contribution in [-0.2, 0) is 19.3 Å². The molecule has 0 aromatic heterocycles. The summed E-state index contributed by atoms with van der Waals surface area (Å²) >= 11 is 0. The maximum atomic E-state index is 2.26. The molecule has 0 fully saturated rings. The maximum Gasteiger partial charge on any atom is -0.0238 e. The molecule has 0 bridgehead atoms. The van der Waals surface area contributed by atoms with Crippen molar-refractivity contribution >= 4 is 6.08 Å². The van der Waals surface area contributed by atoms with E-state index in [1.807, 2.05) is 0 Å². The fourth-order valence-corrected chi connectivity index (χ4v) is 2.41. The van der Waals surface area contributed by atoms with Crippen molar-refractivity contribution in [2.75, 3.05) is 0 Å². The van der Waals surface area contributed by atoms with Crippen molar-refractivity contribution < 1.29 is 0 Å². The molecule has 21 heavy (non-hydrogen) atoms. The average Bonchev–Trinajstić information content (AvgIpc) is 2.55. The predicted octanol–water partition coefficient (Wildman–Crippen LogP) is 5.85. The van der Waals surface area contributed by atoms with E-state index in [2.05, 4.69) is 74.5 Å². The first-order valence-corrected chi connectivity index (χ1v) is 8.15. The second-order valence-electron chi connectivity index (χ2n) is 5.60. The van der Waals surface area contributed by atoms with Gasteiger partial charge in [0.2, 0.25) is 0 Å². The smallest absolute Gasteiger partial charge is 0.0238 e. The number of unbranched alkanes of at least 4 members (excludes halogenated alkanes) is 1. The first-order valence-electron chi connectivity index (χ1n) is 8.15. The zero-order valence-electron chi connectivity index (χ0n) is 13.3. The zero-order valence-corrected chi connectivity index (χ0v) is 13.3. The van der Waals surface area contributed by atoms with E-state index in [0.717, 1.165) is 25.7 Å². The van der Waals surface area contributed by atoms with Crippen LogP contribution in [0.2, 0.25) is 0 Å². The standard InChI is InChI=1S/C21H26/c1-3-5-6-7-19-12-14-21(15-13-19)17-16-20-10-8-18(4-2)9-11-20/h6-15H,3-5,16-17H2,1-2H3. The average molecular weight is 278 g/mol. The van der Waals surface area contributed by atoms with Gasteiger partial charge >= 0.3 is 0 Å². The Morgan fingerprint density at radius 1 is 0.714 bits per heavy atom. The number of hydrogen-bond donors (Lipinski definition) is 0. The largest absolute Gasteiger partial charge is 0.0840 e. The van der Waals surface area contributed by atoms with Gasteiger partial charge in [0.05, 0.1) is 0 Å². The third kappa shape index (κ3) is 5.23. The van der Waals surface area contributed by atoms with Crippen molar-refractivity contribution in [2.24, 2.45) is 0 Å². The highest BCUT2D eigenvalue weighted by molar-refractivity contribution is 5.49. The van der Waals surface area contributed by atoms with Gasteiger partial charge in [0.1, 0.15) is 0 Å². The van der Waals surface area contributed by atoms with Crippen molar-refractivity contribution in [2.45, 2.75) is 46.0 Å². The van der Waals surface area contributed by atoms with Gasteiger partial charge in [-0.25, -0.2) is 0 Å². The molecule has 0 N–H and O–H groups in total. The molecule has 0 aliphatic rings. The number of rotatable bonds is 7. The Bertz CT molecular complexity index is 544. The summed E-state index contributed by atoms with van der Waals surface area (Å²) < 4.78 is 0. The first kappa shape index (κ1) is 15.6. The molecular formula is C21H26. The van der Waals surface area contributed by atoms with E-state index >= 15 is 0 Å². The van der Waals surface area contributed by atoms with Crippen molar-refractivity contribution in [1.29, 1.82) is 0 Å². The highest BCUT2D eigenvalue weighted by Gasteiger charge is 1.97. The molecule has 0 unspecified atom stereocenters. The van der Waals surface area contributed by atoms with Gasteiger partial charge in [-0.15, -0.1) is 0 Å².